The molecule has 7 nitrogen and oxygen atoms in total. The second-order valence-corrected chi connectivity index (χ2v) is 7.15. The molecule has 0 atom stereocenters. The van der Waals surface area contributed by atoms with Crippen LogP contribution in [-0.4, -0.2) is 38.2 Å². The number of fused-ring (bicyclic) bond motifs is 1. The van der Waals surface area contributed by atoms with Crippen LogP contribution in [-0.2, 0) is 17.8 Å². The predicted molar refractivity (Wildman–Crippen MR) is 88.6 cm³/mol. The van der Waals surface area contributed by atoms with E-state index in [2.05, 4.69) is 20.3 Å². The number of thiazole rings is 1. The quantitative estimate of drug-likeness (QED) is 0.919. The van der Waals surface area contributed by atoms with Crippen LogP contribution in [0.25, 0.3) is 0 Å². The van der Waals surface area contributed by atoms with Gasteiger partial charge < -0.3 is 4.90 Å². The number of nitrogens with zero attached hydrogens (tertiary/aromatic N) is 4. The number of hydrogen-bond acceptors (Lipinski definition) is 6. The summed E-state index contributed by atoms with van der Waals surface area (Å²) in [6.45, 7) is 1.31. The Hall–Kier alpha value is -2.35. The highest BCUT2D eigenvalue weighted by Gasteiger charge is 2.32. The molecule has 1 N–H and O–H groups in total. The maximum atomic E-state index is 12.4. The predicted octanol–water partition coefficient (Wildman–Crippen LogP) is 1.87. The van der Waals surface area contributed by atoms with E-state index in [1.165, 1.54) is 29.9 Å². The van der Waals surface area contributed by atoms with Gasteiger partial charge in [-0.1, -0.05) is 17.8 Å². The van der Waals surface area contributed by atoms with Crippen LogP contribution in [0.4, 0.5) is 5.13 Å². The molecule has 0 aromatic carbocycles. The van der Waals surface area contributed by atoms with Crippen molar-refractivity contribution in [2.75, 3.05) is 11.9 Å². The zero-order valence-corrected chi connectivity index (χ0v) is 13.9. The molecular formula is C16H17N5O2S. The van der Waals surface area contributed by atoms with Gasteiger partial charge in [-0.25, -0.2) is 9.97 Å². The fourth-order valence-corrected chi connectivity index (χ4v) is 3.95. The fraction of sp³-hybridized carbons (Fsp3) is 0.438. The van der Waals surface area contributed by atoms with Crippen LogP contribution in [0.5, 0.6) is 0 Å². The summed E-state index contributed by atoms with van der Waals surface area (Å²) in [5.74, 6) is 0.164. The minimum atomic E-state index is -0.323. The van der Waals surface area contributed by atoms with Gasteiger partial charge in [-0.05, 0) is 12.8 Å². The van der Waals surface area contributed by atoms with Crippen molar-refractivity contribution in [1.82, 2.24) is 19.9 Å². The number of carbonyl (C=O) groups excluding carboxylic acids is 2. The van der Waals surface area contributed by atoms with Gasteiger partial charge in [-0.3, -0.25) is 19.9 Å². The second-order valence-electron chi connectivity index (χ2n) is 6.07. The van der Waals surface area contributed by atoms with Crippen molar-refractivity contribution in [3.05, 3.63) is 34.9 Å². The van der Waals surface area contributed by atoms with Crippen molar-refractivity contribution in [1.29, 1.82) is 0 Å². The summed E-state index contributed by atoms with van der Waals surface area (Å²) in [5, 5.41) is 3.32. The van der Waals surface area contributed by atoms with E-state index in [-0.39, 0.29) is 23.4 Å². The minimum absolute atomic E-state index is 0.218. The maximum Gasteiger partial charge on any atom is 0.277 e. The minimum Gasteiger partial charge on any atom is -0.337 e. The maximum absolute atomic E-state index is 12.4. The van der Waals surface area contributed by atoms with Gasteiger partial charge in [0.05, 0.1) is 18.4 Å². The van der Waals surface area contributed by atoms with E-state index in [4.69, 9.17) is 0 Å². The van der Waals surface area contributed by atoms with E-state index < -0.39 is 0 Å². The summed E-state index contributed by atoms with van der Waals surface area (Å²) < 4.78 is 0. The number of amides is 2. The Kier molecular flexibility index (Phi) is 3.97. The summed E-state index contributed by atoms with van der Waals surface area (Å²) in [7, 11) is 0. The lowest BCUT2D eigenvalue weighted by Gasteiger charge is -2.33. The van der Waals surface area contributed by atoms with Crippen LogP contribution in [0.3, 0.4) is 0 Å². The first-order valence-electron chi connectivity index (χ1n) is 8.05. The van der Waals surface area contributed by atoms with Crippen LogP contribution in [0.1, 0.15) is 40.3 Å². The van der Waals surface area contributed by atoms with Crippen molar-refractivity contribution >= 4 is 28.3 Å². The van der Waals surface area contributed by atoms with E-state index in [1.807, 2.05) is 4.90 Å². The molecule has 2 aromatic heterocycles. The topological polar surface area (TPSA) is 88.1 Å². The Balaban J connectivity index is 1.44. The van der Waals surface area contributed by atoms with Crippen LogP contribution >= 0.6 is 11.3 Å². The van der Waals surface area contributed by atoms with Gasteiger partial charge in [0.1, 0.15) is 5.69 Å². The first-order chi connectivity index (χ1) is 11.7. The molecule has 0 saturated heterocycles. The Morgan fingerprint density at radius 3 is 2.88 bits per heavy atom. The molecule has 2 aliphatic rings. The van der Waals surface area contributed by atoms with Gasteiger partial charge in [0.15, 0.2) is 5.13 Å². The third-order valence-electron chi connectivity index (χ3n) is 4.51. The van der Waals surface area contributed by atoms with Crippen LogP contribution in [0, 0.1) is 5.92 Å². The smallest absolute Gasteiger partial charge is 0.277 e. The zero-order valence-electron chi connectivity index (χ0n) is 13.1. The molecule has 2 aromatic rings. The normalized spacial score (nSPS) is 17.1. The SMILES string of the molecule is O=C(Nc1nc2c(s1)CN(C(=O)C1CCC1)CC2)c1cnccn1. The number of rotatable bonds is 3. The second kappa shape index (κ2) is 6.27. The van der Waals surface area contributed by atoms with E-state index in [0.29, 0.717) is 18.2 Å². The van der Waals surface area contributed by atoms with Crippen molar-refractivity contribution in [2.24, 2.45) is 5.92 Å². The van der Waals surface area contributed by atoms with Gasteiger partial charge in [0.25, 0.3) is 5.91 Å². The molecular weight excluding hydrogens is 326 g/mol. The molecule has 1 aliphatic heterocycles. The Labute approximate surface area is 143 Å². The molecule has 0 spiro atoms. The number of anilines is 1. The molecule has 1 fully saturated rings. The molecule has 0 radical (unpaired) electrons. The largest absolute Gasteiger partial charge is 0.337 e. The Bertz CT molecular complexity index is 772. The monoisotopic (exact) mass is 343 g/mol. The van der Waals surface area contributed by atoms with E-state index >= 15 is 0 Å². The number of nitrogens with one attached hydrogen (secondary N) is 1. The summed E-state index contributed by atoms with van der Waals surface area (Å²) in [4.78, 5) is 39.9. The van der Waals surface area contributed by atoms with Crippen molar-refractivity contribution in [3.63, 3.8) is 0 Å². The first-order valence-corrected chi connectivity index (χ1v) is 8.87. The molecule has 1 aliphatic carbocycles. The van der Waals surface area contributed by atoms with Gasteiger partial charge >= 0.3 is 0 Å². The summed E-state index contributed by atoms with van der Waals surface area (Å²) in [5.41, 5.74) is 1.24. The molecule has 4 rings (SSSR count). The number of carbonyl (C=O) groups is 2. The summed E-state index contributed by atoms with van der Waals surface area (Å²) in [6.07, 6.45) is 8.36. The molecule has 24 heavy (non-hydrogen) atoms. The number of hydrogen-bond donors (Lipinski definition) is 1. The summed E-state index contributed by atoms with van der Waals surface area (Å²) in [6, 6.07) is 0. The number of aromatic nitrogens is 3. The Morgan fingerprint density at radius 1 is 1.29 bits per heavy atom. The van der Waals surface area contributed by atoms with Crippen molar-refractivity contribution < 1.29 is 9.59 Å². The molecule has 124 valence electrons. The van der Waals surface area contributed by atoms with Gasteiger partial charge in [0, 0.05) is 36.2 Å². The van der Waals surface area contributed by atoms with Gasteiger partial charge in [0.2, 0.25) is 5.91 Å². The van der Waals surface area contributed by atoms with Crippen LogP contribution in [0.15, 0.2) is 18.6 Å². The Morgan fingerprint density at radius 2 is 2.17 bits per heavy atom. The van der Waals surface area contributed by atoms with E-state index in [0.717, 1.165) is 36.3 Å². The van der Waals surface area contributed by atoms with Gasteiger partial charge in [-0.15, -0.1) is 0 Å². The van der Waals surface area contributed by atoms with Crippen LogP contribution in [0.2, 0.25) is 0 Å². The van der Waals surface area contributed by atoms with Crippen molar-refractivity contribution in [3.8, 4) is 0 Å². The standard InChI is InChI=1S/C16H17N5O2S/c22-14(12-8-17-5-6-18-12)20-16-19-11-4-7-21(9-13(11)24-16)15(23)10-2-1-3-10/h5-6,8,10H,1-4,7,9H2,(H,19,20,22). The summed E-state index contributed by atoms with van der Waals surface area (Å²) >= 11 is 1.43. The van der Waals surface area contributed by atoms with Gasteiger partial charge in [-0.2, -0.15) is 0 Å². The third kappa shape index (κ3) is 2.89. The van der Waals surface area contributed by atoms with Crippen molar-refractivity contribution in [2.45, 2.75) is 32.2 Å². The molecule has 0 unspecified atom stereocenters. The highest BCUT2D eigenvalue weighted by molar-refractivity contribution is 7.15. The molecule has 1 saturated carbocycles. The van der Waals surface area contributed by atoms with E-state index in [9.17, 15) is 9.59 Å². The lowest BCUT2D eigenvalue weighted by Crippen LogP contribution is -2.41. The highest BCUT2D eigenvalue weighted by atomic mass is 32.1. The average molecular weight is 343 g/mol. The first kappa shape index (κ1) is 15.2. The van der Waals surface area contributed by atoms with E-state index in [1.54, 1.807) is 0 Å². The lowest BCUT2D eigenvalue weighted by atomic mass is 9.84. The third-order valence-corrected chi connectivity index (χ3v) is 5.51. The molecule has 0 bridgehead atoms. The zero-order chi connectivity index (χ0) is 16.5. The fourth-order valence-electron chi connectivity index (χ4n) is 2.93. The van der Waals surface area contributed by atoms with Crippen LogP contribution < -0.4 is 5.32 Å². The average Bonchev–Trinajstić information content (AvgIpc) is 2.95. The highest BCUT2D eigenvalue weighted by Crippen LogP contribution is 2.33. The molecule has 2 amide bonds. The molecule has 3 heterocycles. The molecule has 8 heteroatoms. The lowest BCUT2D eigenvalue weighted by molar-refractivity contribution is -0.139.